The molecule has 2 aromatic carbocycles. The quantitative estimate of drug-likeness (QED) is 0.635. The lowest BCUT2D eigenvalue weighted by Gasteiger charge is -2.26. The first-order chi connectivity index (χ1) is 15.0. The number of nitrogens with one attached hydrogen (secondary N) is 2. The first-order valence-corrected chi connectivity index (χ1v) is 10.8. The summed E-state index contributed by atoms with van der Waals surface area (Å²) in [5.74, 6) is 1.29. The molecule has 0 spiro atoms. The molecule has 1 fully saturated rings. The number of hydrogen-bond donors (Lipinski definition) is 3. The molecule has 0 bridgehead atoms. The normalized spacial score (nSPS) is 20.8. The molecule has 1 heterocycles. The fourth-order valence-electron chi connectivity index (χ4n) is 4.49. The van der Waals surface area contributed by atoms with Crippen molar-refractivity contribution in [1.29, 1.82) is 0 Å². The smallest absolute Gasteiger partial charge is 0.251 e. The highest BCUT2D eigenvalue weighted by atomic mass is 16.6. The first kappa shape index (κ1) is 21.2. The van der Waals surface area contributed by atoms with Gasteiger partial charge in [0.05, 0.1) is 6.54 Å². The highest BCUT2D eigenvalue weighted by molar-refractivity contribution is 5.96. The number of para-hydroxylation sites is 1. The second-order valence-electron chi connectivity index (χ2n) is 8.24. The third-order valence-corrected chi connectivity index (χ3v) is 6.05. The van der Waals surface area contributed by atoms with Gasteiger partial charge in [0.1, 0.15) is 13.2 Å². The molecule has 4 N–H and O–H groups in total. The molecule has 164 valence electrons. The number of amides is 2. The lowest BCUT2D eigenvalue weighted by atomic mass is 9.96. The highest BCUT2D eigenvalue weighted by Crippen LogP contribution is 2.39. The molecule has 31 heavy (non-hydrogen) atoms. The van der Waals surface area contributed by atoms with Gasteiger partial charge in [-0.15, -0.1) is 0 Å². The van der Waals surface area contributed by atoms with E-state index >= 15 is 0 Å². The van der Waals surface area contributed by atoms with Gasteiger partial charge in [-0.05, 0) is 55.9 Å². The number of fused-ring (bicyclic) bond motifs is 1. The molecule has 7 nitrogen and oxygen atoms in total. The average Bonchev–Trinajstić information content (AvgIpc) is 3.25. The van der Waals surface area contributed by atoms with Gasteiger partial charge in [-0.25, -0.2) is 0 Å². The molecular formula is C24H29N3O4. The Balaban J connectivity index is 1.34. The monoisotopic (exact) mass is 423 g/mol. The minimum atomic E-state index is -0.557. The summed E-state index contributed by atoms with van der Waals surface area (Å²) >= 11 is 0. The highest BCUT2D eigenvalue weighted by Gasteiger charge is 2.28. The fraction of sp³-hybridized carbons (Fsp3) is 0.417. The number of nitrogens with two attached hydrogens (primary N) is 1. The second kappa shape index (κ2) is 9.39. The predicted molar refractivity (Wildman–Crippen MR) is 117 cm³/mol. The molecule has 1 saturated carbocycles. The van der Waals surface area contributed by atoms with Crippen LogP contribution in [0.4, 0.5) is 0 Å². The molecule has 2 amide bonds. The van der Waals surface area contributed by atoms with Crippen LogP contribution in [0.5, 0.6) is 11.5 Å². The molecular weight excluding hydrogens is 394 g/mol. The Bertz CT molecular complexity index is 944. The van der Waals surface area contributed by atoms with Crippen LogP contribution < -0.4 is 25.8 Å². The zero-order valence-electron chi connectivity index (χ0n) is 17.7. The minimum absolute atomic E-state index is 0.156. The van der Waals surface area contributed by atoms with Gasteiger partial charge in [0.25, 0.3) is 5.91 Å². The molecule has 3 atom stereocenters. The Hall–Kier alpha value is -3.06. The van der Waals surface area contributed by atoms with E-state index in [-0.39, 0.29) is 18.5 Å². The van der Waals surface area contributed by atoms with E-state index in [1.54, 1.807) is 0 Å². The second-order valence-corrected chi connectivity index (χ2v) is 8.24. The van der Waals surface area contributed by atoms with Crippen LogP contribution in [0.1, 0.15) is 59.6 Å². The molecule has 0 saturated heterocycles. The van der Waals surface area contributed by atoms with Gasteiger partial charge in [-0.2, -0.15) is 0 Å². The summed E-state index contributed by atoms with van der Waals surface area (Å²) in [5, 5.41) is 6.27. The van der Waals surface area contributed by atoms with Crippen LogP contribution in [0.25, 0.3) is 0 Å². The van der Waals surface area contributed by atoms with Gasteiger partial charge in [-0.3, -0.25) is 9.59 Å². The largest absolute Gasteiger partial charge is 0.486 e. The Morgan fingerprint density at radius 2 is 1.87 bits per heavy atom. The standard InChI is InChI=1S/C24H29N3O4/c1-15(20-3-2-4-21-23(20)31-12-11-30-21)27-19-10-9-18(13-19)16-5-7-17(8-6-16)24(29)26-14-22(25)28/h2-8,15,18-19,27H,9-14H2,1H3,(H2,25,28)(H,26,29)/t15-,18-,19+/m1/s1. The topological polar surface area (TPSA) is 103 Å². The van der Waals surface area contributed by atoms with Crippen LogP contribution in [-0.4, -0.2) is 37.6 Å². The van der Waals surface area contributed by atoms with Crippen LogP contribution in [0.3, 0.4) is 0 Å². The van der Waals surface area contributed by atoms with Crippen LogP contribution in [0.2, 0.25) is 0 Å². The van der Waals surface area contributed by atoms with Crippen molar-refractivity contribution < 1.29 is 19.1 Å². The van der Waals surface area contributed by atoms with Crippen molar-refractivity contribution in [2.75, 3.05) is 19.8 Å². The van der Waals surface area contributed by atoms with Gasteiger partial charge >= 0.3 is 0 Å². The molecule has 0 unspecified atom stereocenters. The molecule has 7 heteroatoms. The van der Waals surface area contributed by atoms with E-state index in [0.717, 1.165) is 36.3 Å². The summed E-state index contributed by atoms with van der Waals surface area (Å²) in [6, 6.07) is 14.3. The summed E-state index contributed by atoms with van der Waals surface area (Å²) in [4.78, 5) is 22.9. The van der Waals surface area contributed by atoms with Gasteiger partial charge in [-0.1, -0.05) is 24.3 Å². The number of rotatable bonds is 7. The van der Waals surface area contributed by atoms with Crippen LogP contribution in [0, 0.1) is 0 Å². The van der Waals surface area contributed by atoms with Crippen molar-refractivity contribution in [3.05, 3.63) is 59.2 Å². The molecule has 0 aromatic heterocycles. The van der Waals surface area contributed by atoms with E-state index in [1.807, 2.05) is 36.4 Å². The van der Waals surface area contributed by atoms with E-state index < -0.39 is 5.91 Å². The van der Waals surface area contributed by atoms with Crippen molar-refractivity contribution in [2.24, 2.45) is 5.73 Å². The zero-order valence-corrected chi connectivity index (χ0v) is 17.7. The molecule has 0 radical (unpaired) electrons. The van der Waals surface area contributed by atoms with Crippen molar-refractivity contribution in [1.82, 2.24) is 10.6 Å². The van der Waals surface area contributed by atoms with Gasteiger partial charge < -0.3 is 25.8 Å². The lowest BCUT2D eigenvalue weighted by Crippen LogP contribution is -2.33. The third kappa shape index (κ3) is 4.99. The summed E-state index contributed by atoms with van der Waals surface area (Å²) in [6.07, 6.45) is 3.25. The zero-order chi connectivity index (χ0) is 21.8. The Kier molecular flexibility index (Phi) is 6.42. The van der Waals surface area contributed by atoms with Crippen molar-refractivity contribution in [2.45, 2.75) is 44.2 Å². The Labute approximate surface area is 182 Å². The average molecular weight is 424 g/mol. The van der Waals surface area contributed by atoms with Gasteiger partial charge in [0.2, 0.25) is 5.91 Å². The Morgan fingerprint density at radius 1 is 1.10 bits per heavy atom. The summed E-state index contributed by atoms with van der Waals surface area (Å²) < 4.78 is 11.6. The number of benzene rings is 2. The number of carbonyl (C=O) groups is 2. The summed E-state index contributed by atoms with van der Waals surface area (Å²) in [7, 11) is 0. The van der Waals surface area contributed by atoms with E-state index in [1.165, 1.54) is 5.56 Å². The van der Waals surface area contributed by atoms with Gasteiger partial charge in [0, 0.05) is 23.2 Å². The van der Waals surface area contributed by atoms with E-state index in [9.17, 15) is 9.59 Å². The number of ether oxygens (including phenoxy) is 2. The fourth-order valence-corrected chi connectivity index (χ4v) is 4.49. The molecule has 2 aliphatic rings. The molecule has 1 aliphatic heterocycles. The van der Waals surface area contributed by atoms with Crippen molar-refractivity contribution >= 4 is 11.8 Å². The predicted octanol–water partition coefficient (Wildman–Crippen LogP) is 2.66. The maximum Gasteiger partial charge on any atom is 0.251 e. The Morgan fingerprint density at radius 3 is 2.65 bits per heavy atom. The first-order valence-electron chi connectivity index (χ1n) is 10.8. The number of hydrogen-bond acceptors (Lipinski definition) is 5. The number of primary amides is 1. The maximum atomic E-state index is 12.0. The summed E-state index contributed by atoms with van der Waals surface area (Å²) in [5.41, 5.74) is 7.97. The van der Waals surface area contributed by atoms with Crippen LogP contribution >= 0.6 is 0 Å². The van der Waals surface area contributed by atoms with Crippen LogP contribution in [-0.2, 0) is 4.79 Å². The molecule has 1 aliphatic carbocycles. The number of carbonyl (C=O) groups excluding carboxylic acids is 2. The van der Waals surface area contributed by atoms with Crippen LogP contribution in [0.15, 0.2) is 42.5 Å². The summed E-state index contributed by atoms with van der Waals surface area (Å²) in [6.45, 7) is 3.18. The maximum absolute atomic E-state index is 12.0. The molecule has 4 rings (SSSR count). The van der Waals surface area contributed by atoms with E-state index in [2.05, 4.69) is 23.6 Å². The van der Waals surface area contributed by atoms with E-state index in [0.29, 0.717) is 30.7 Å². The van der Waals surface area contributed by atoms with Gasteiger partial charge in [0.15, 0.2) is 11.5 Å². The third-order valence-electron chi connectivity index (χ3n) is 6.05. The lowest BCUT2D eigenvalue weighted by molar-refractivity contribution is -0.117. The molecule has 2 aromatic rings. The van der Waals surface area contributed by atoms with Crippen molar-refractivity contribution in [3.8, 4) is 11.5 Å². The van der Waals surface area contributed by atoms with E-state index in [4.69, 9.17) is 15.2 Å². The minimum Gasteiger partial charge on any atom is -0.486 e. The van der Waals surface area contributed by atoms with Crippen molar-refractivity contribution in [3.63, 3.8) is 0 Å². The SMILES string of the molecule is C[C@@H](N[C@H]1CC[C@@H](c2ccc(C(=O)NCC(N)=O)cc2)C1)c1cccc2c1OCCO2.